The molecule has 0 fully saturated rings. The van der Waals surface area contributed by atoms with Crippen LogP contribution in [0.15, 0.2) is 54.6 Å². The number of amides is 1. The largest absolute Gasteiger partial charge is 0.465 e. The van der Waals surface area contributed by atoms with Gasteiger partial charge in [0, 0.05) is 11.3 Å². The van der Waals surface area contributed by atoms with E-state index in [2.05, 4.69) is 10.4 Å². The number of aryl methyl sites for hydroxylation is 2. The Kier molecular flexibility index (Phi) is 4.84. The number of esters is 1. The summed E-state index contributed by atoms with van der Waals surface area (Å²) in [5.41, 5.74) is 3.97. The van der Waals surface area contributed by atoms with Crippen LogP contribution in [-0.4, -0.2) is 28.8 Å². The van der Waals surface area contributed by atoms with Gasteiger partial charge in [-0.25, -0.2) is 9.48 Å². The first kappa shape index (κ1) is 17.4. The van der Waals surface area contributed by atoms with Crippen molar-refractivity contribution in [3.8, 4) is 5.69 Å². The lowest BCUT2D eigenvalue weighted by Crippen LogP contribution is -2.15. The van der Waals surface area contributed by atoms with E-state index in [1.54, 1.807) is 22.9 Å². The Morgan fingerprint density at radius 3 is 2.42 bits per heavy atom. The molecule has 6 heteroatoms. The van der Waals surface area contributed by atoms with Crippen molar-refractivity contribution in [2.24, 2.45) is 0 Å². The topological polar surface area (TPSA) is 73.2 Å². The summed E-state index contributed by atoms with van der Waals surface area (Å²) in [5, 5.41) is 7.37. The van der Waals surface area contributed by atoms with Gasteiger partial charge in [-0.05, 0) is 50.2 Å². The summed E-state index contributed by atoms with van der Waals surface area (Å²) >= 11 is 0. The van der Waals surface area contributed by atoms with Crippen molar-refractivity contribution in [2.45, 2.75) is 13.8 Å². The lowest BCUT2D eigenvalue weighted by molar-refractivity contribution is 0.0600. The second-order valence-electron chi connectivity index (χ2n) is 5.88. The first-order valence-corrected chi connectivity index (χ1v) is 8.12. The molecule has 3 aromatic rings. The van der Waals surface area contributed by atoms with Crippen LogP contribution in [0.4, 0.5) is 5.69 Å². The fourth-order valence-corrected chi connectivity index (χ4v) is 2.74. The molecule has 0 unspecified atom stereocenters. The SMILES string of the molecule is COC(=O)c1cccc(C(=O)Nc2ccccc2-n2nc(C)cc2C)c1. The molecule has 0 radical (unpaired) electrons. The predicted molar refractivity (Wildman–Crippen MR) is 98.8 cm³/mol. The van der Waals surface area contributed by atoms with Gasteiger partial charge in [0.05, 0.1) is 29.7 Å². The number of methoxy groups -OCH3 is 1. The van der Waals surface area contributed by atoms with Gasteiger partial charge in [-0.2, -0.15) is 5.10 Å². The highest BCUT2D eigenvalue weighted by molar-refractivity contribution is 6.06. The second-order valence-corrected chi connectivity index (χ2v) is 5.88. The number of benzene rings is 2. The fourth-order valence-electron chi connectivity index (χ4n) is 2.74. The Balaban J connectivity index is 1.92. The van der Waals surface area contributed by atoms with Crippen LogP contribution < -0.4 is 5.32 Å². The average Bonchev–Trinajstić information content (AvgIpc) is 2.99. The van der Waals surface area contributed by atoms with E-state index < -0.39 is 5.97 Å². The van der Waals surface area contributed by atoms with E-state index in [9.17, 15) is 9.59 Å². The number of hydrogen-bond donors (Lipinski definition) is 1. The molecule has 1 heterocycles. The minimum absolute atomic E-state index is 0.315. The number of rotatable bonds is 4. The van der Waals surface area contributed by atoms with Gasteiger partial charge in [-0.15, -0.1) is 0 Å². The number of carbonyl (C=O) groups excluding carboxylic acids is 2. The van der Waals surface area contributed by atoms with Crippen molar-refractivity contribution in [1.82, 2.24) is 9.78 Å². The molecule has 0 aliphatic heterocycles. The molecular weight excluding hydrogens is 330 g/mol. The van der Waals surface area contributed by atoms with Crippen molar-refractivity contribution >= 4 is 17.6 Å². The van der Waals surface area contributed by atoms with Crippen molar-refractivity contribution in [3.63, 3.8) is 0 Å². The number of hydrogen-bond acceptors (Lipinski definition) is 4. The highest BCUT2D eigenvalue weighted by atomic mass is 16.5. The van der Waals surface area contributed by atoms with Gasteiger partial charge in [0.15, 0.2) is 0 Å². The third kappa shape index (κ3) is 3.49. The molecule has 0 spiro atoms. The zero-order valence-electron chi connectivity index (χ0n) is 14.8. The van der Waals surface area contributed by atoms with E-state index >= 15 is 0 Å². The highest BCUT2D eigenvalue weighted by Crippen LogP contribution is 2.22. The molecule has 1 N–H and O–H groups in total. The van der Waals surface area contributed by atoms with Gasteiger partial charge < -0.3 is 10.1 Å². The fraction of sp³-hybridized carbons (Fsp3) is 0.150. The van der Waals surface area contributed by atoms with Gasteiger partial charge >= 0.3 is 5.97 Å². The molecule has 0 bridgehead atoms. The summed E-state index contributed by atoms with van der Waals surface area (Å²) in [6, 6.07) is 15.8. The smallest absolute Gasteiger partial charge is 0.337 e. The Hall–Kier alpha value is -3.41. The molecule has 6 nitrogen and oxygen atoms in total. The van der Waals surface area contributed by atoms with Crippen LogP contribution in [0.1, 0.15) is 32.1 Å². The molecule has 26 heavy (non-hydrogen) atoms. The quantitative estimate of drug-likeness (QED) is 0.731. The highest BCUT2D eigenvalue weighted by Gasteiger charge is 2.14. The van der Waals surface area contributed by atoms with Crippen molar-refractivity contribution in [2.75, 3.05) is 12.4 Å². The van der Waals surface area contributed by atoms with Crippen LogP contribution >= 0.6 is 0 Å². The summed E-state index contributed by atoms with van der Waals surface area (Å²) in [6.07, 6.45) is 0. The maximum Gasteiger partial charge on any atom is 0.337 e. The minimum Gasteiger partial charge on any atom is -0.465 e. The molecule has 0 aliphatic carbocycles. The van der Waals surface area contributed by atoms with Gasteiger partial charge in [0.2, 0.25) is 0 Å². The maximum atomic E-state index is 12.7. The maximum absolute atomic E-state index is 12.7. The van der Waals surface area contributed by atoms with Crippen molar-refractivity contribution < 1.29 is 14.3 Å². The van der Waals surface area contributed by atoms with Crippen LogP contribution in [0.3, 0.4) is 0 Å². The number of anilines is 1. The van der Waals surface area contributed by atoms with Crippen LogP contribution in [0.5, 0.6) is 0 Å². The number of ether oxygens (including phenoxy) is 1. The first-order chi connectivity index (χ1) is 12.5. The van der Waals surface area contributed by atoms with Gasteiger partial charge in [-0.3, -0.25) is 4.79 Å². The number of nitrogens with zero attached hydrogens (tertiary/aromatic N) is 2. The molecule has 132 valence electrons. The summed E-state index contributed by atoms with van der Waals surface area (Å²) in [5.74, 6) is -0.799. The molecule has 3 rings (SSSR count). The Morgan fingerprint density at radius 1 is 1.00 bits per heavy atom. The number of aromatic nitrogens is 2. The molecule has 1 aromatic heterocycles. The van der Waals surface area contributed by atoms with E-state index in [-0.39, 0.29) is 5.91 Å². The first-order valence-electron chi connectivity index (χ1n) is 8.12. The number of nitrogens with one attached hydrogen (secondary N) is 1. The van der Waals surface area contributed by atoms with Crippen molar-refractivity contribution in [3.05, 3.63) is 77.1 Å². The third-order valence-corrected chi connectivity index (χ3v) is 3.94. The van der Waals surface area contributed by atoms with E-state index in [0.29, 0.717) is 16.8 Å². The zero-order valence-corrected chi connectivity index (χ0v) is 14.8. The molecule has 0 saturated carbocycles. The summed E-state index contributed by atoms with van der Waals surface area (Å²) in [7, 11) is 1.31. The Bertz CT molecular complexity index is 976. The third-order valence-electron chi connectivity index (χ3n) is 3.94. The van der Waals surface area contributed by atoms with E-state index in [1.165, 1.54) is 13.2 Å². The summed E-state index contributed by atoms with van der Waals surface area (Å²) in [4.78, 5) is 24.3. The number of carbonyl (C=O) groups is 2. The van der Waals surface area contributed by atoms with E-state index in [4.69, 9.17) is 4.74 Å². The van der Waals surface area contributed by atoms with Crippen LogP contribution in [-0.2, 0) is 4.74 Å². The number of para-hydroxylation sites is 2. The predicted octanol–water partition coefficient (Wildman–Crippen LogP) is 3.53. The normalized spacial score (nSPS) is 10.4. The monoisotopic (exact) mass is 349 g/mol. The van der Waals surface area contributed by atoms with Crippen LogP contribution in [0.2, 0.25) is 0 Å². The Morgan fingerprint density at radius 2 is 1.73 bits per heavy atom. The Labute approximate surface area is 151 Å². The summed E-state index contributed by atoms with van der Waals surface area (Å²) in [6.45, 7) is 3.88. The molecule has 0 saturated heterocycles. The average molecular weight is 349 g/mol. The molecule has 0 atom stereocenters. The molecular formula is C20H19N3O3. The molecule has 0 aliphatic rings. The summed E-state index contributed by atoms with van der Waals surface area (Å²) < 4.78 is 6.49. The zero-order chi connectivity index (χ0) is 18.7. The van der Waals surface area contributed by atoms with E-state index in [1.807, 2.05) is 44.2 Å². The lowest BCUT2D eigenvalue weighted by atomic mass is 10.1. The lowest BCUT2D eigenvalue weighted by Gasteiger charge is -2.12. The van der Waals surface area contributed by atoms with Gasteiger partial charge in [-0.1, -0.05) is 18.2 Å². The standard InChI is InChI=1S/C20H19N3O3/c1-13-11-14(2)23(22-13)18-10-5-4-9-17(18)21-19(24)15-7-6-8-16(12-15)20(25)26-3/h4-12H,1-3H3,(H,21,24). The molecule has 1 amide bonds. The van der Waals surface area contributed by atoms with Crippen molar-refractivity contribution in [1.29, 1.82) is 0 Å². The van der Waals surface area contributed by atoms with Crippen LogP contribution in [0.25, 0.3) is 5.69 Å². The van der Waals surface area contributed by atoms with Gasteiger partial charge in [0.1, 0.15) is 0 Å². The van der Waals surface area contributed by atoms with Crippen LogP contribution in [0, 0.1) is 13.8 Å². The van der Waals surface area contributed by atoms with Gasteiger partial charge in [0.25, 0.3) is 5.91 Å². The molecule has 2 aromatic carbocycles. The minimum atomic E-state index is -0.484. The van der Waals surface area contributed by atoms with E-state index in [0.717, 1.165) is 17.1 Å². The second kappa shape index (κ2) is 7.23.